The van der Waals surface area contributed by atoms with Gasteiger partial charge in [-0.3, -0.25) is 0 Å². The van der Waals surface area contributed by atoms with Crippen molar-refractivity contribution in [1.82, 2.24) is 0 Å². The van der Waals surface area contributed by atoms with Crippen molar-refractivity contribution >= 4 is 17.9 Å². The third-order valence-electron chi connectivity index (χ3n) is 1.25. The van der Waals surface area contributed by atoms with Crippen LogP contribution < -0.4 is 66.7 Å². The van der Waals surface area contributed by atoms with Crippen molar-refractivity contribution in [2.75, 3.05) is 0 Å². The molecule has 1 N–H and O–H groups in total. The smallest absolute Gasteiger partial charge is 0.550 e. The Morgan fingerprint density at radius 1 is 1.00 bits per heavy atom. The zero-order chi connectivity index (χ0) is 10.6. The van der Waals surface area contributed by atoms with Crippen molar-refractivity contribution in [1.29, 1.82) is 0 Å². The van der Waals surface area contributed by atoms with Crippen molar-refractivity contribution in [2.24, 2.45) is 0 Å². The summed E-state index contributed by atoms with van der Waals surface area (Å²) in [6.45, 7) is 0. The topological polar surface area (TPSA) is 141 Å². The molecule has 0 unspecified atom stereocenters. The van der Waals surface area contributed by atoms with Crippen molar-refractivity contribution in [3.8, 4) is 0 Å². The molecule has 15 heavy (non-hydrogen) atoms. The number of carboxylic acids is 3. The number of carbonyl (C=O) groups is 3. The van der Waals surface area contributed by atoms with Crippen molar-refractivity contribution in [3.63, 3.8) is 0 Å². The van der Waals surface area contributed by atoms with Crippen LogP contribution in [0.1, 0.15) is 12.8 Å². The number of aliphatic hydroxyl groups is 1. The summed E-state index contributed by atoms with van der Waals surface area (Å²) in [5.41, 5.74) is -2.97. The SMILES string of the molecule is O=C([O-])CC(O)(CC(=O)[O-])C(=O)[O-].[K+].[Zr+4]. The van der Waals surface area contributed by atoms with Gasteiger partial charge in [-0.1, -0.05) is 0 Å². The molecule has 0 aliphatic heterocycles. The molecule has 0 heterocycles. The zero-order valence-electron chi connectivity index (χ0n) is 7.81. The fourth-order valence-corrected chi connectivity index (χ4v) is 0.684. The molecule has 74 valence electrons. The van der Waals surface area contributed by atoms with Gasteiger partial charge in [0, 0.05) is 24.8 Å². The molecule has 0 spiro atoms. The maximum atomic E-state index is 10.1. The summed E-state index contributed by atoms with van der Waals surface area (Å²) in [6.07, 6.45) is -2.72. The average Bonchev–Trinajstić information content (AvgIpc) is 1.82. The molecule has 0 bridgehead atoms. The Balaban J connectivity index is -0.000000720. The van der Waals surface area contributed by atoms with Gasteiger partial charge in [-0.05, 0) is 0 Å². The van der Waals surface area contributed by atoms with Gasteiger partial charge in [0.2, 0.25) is 0 Å². The van der Waals surface area contributed by atoms with E-state index in [0.29, 0.717) is 0 Å². The van der Waals surface area contributed by atoms with E-state index in [1.807, 2.05) is 0 Å². The number of hydrogen-bond donors (Lipinski definition) is 1. The Morgan fingerprint density at radius 3 is 1.40 bits per heavy atom. The summed E-state index contributed by atoms with van der Waals surface area (Å²) in [4.78, 5) is 30.0. The van der Waals surface area contributed by atoms with E-state index in [1.165, 1.54) is 0 Å². The first-order valence-electron chi connectivity index (χ1n) is 3.11. The molecule has 0 saturated carbocycles. The minimum Gasteiger partial charge on any atom is -0.550 e. The molecule has 0 saturated heterocycles. The van der Waals surface area contributed by atoms with E-state index in [4.69, 9.17) is 5.11 Å². The molecule has 0 radical (unpaired) electrons. The zero-order valence-corrected chi connectivity index (χ0v) is 13.4. The van der Waals surface area contributed by atoms with Crippen LogP contribution in [0.2, 0.25) is 0 Å². The second-order valence-corrected chi connectivity index (χ2v) is 2.42. The van der Waals surface area contributed by atoms with E-state index < -0.39 is 36.4 Å². The number of hydrogen-bond acceptors (Lipinski definition) is 7. The Kier molecular flexibility index (Phi) is 12.7. The van der Waals surface area contributed by atoms with E-state index in [1.54, 1.807) is 0 Å². The molecule has 0 aliphatic carbocycles. The number of aliphatic carboxylic acids is 3. The van der Waals surface area contributed by atoms with Crippen LogP contribution in [0.3, 0.4) is 0 Å². The summed E-state index contributed by atoms with van der Waals surface area (Å²) in [6, 6.07) is 0. The van der Waals surface area contributed by atoms with E-state index in [2.05, 4.69) is 0 Å². The first-order valence-corrected chi connectivity index (χ1v) is 3.11. The van der Waals surface area contributed by atoms with Crippen LogP contribution in [0.15, 0.2) is 0 Å². The van der Waals surface area contributed by atoms with Crippen LogP contribution in [0, 0.1) is 0 Å². The molecule has 0 aromatic carbocycles. The first-order chi connectivity index (χ1) is 5.78. The Hall–Kier alpha value is 0.889. The van der Waals surface area contributed by atoms with Crippen molar-refractivity contribution in [3.05, 3.63) is 0 Å². The predicted molar refractivity (Wildman–Crippen MR) is 29.2 cm³/mol. The minimum atomic E-state index is -2.97. The number of rotatable bonds is 5. The fraction of sp³-hybridized carbons (Fsp3) is 0.500. The Labute approximate surface area is 146 Å². The van der Waals surface area contributed by atoms with Crippen LogP contribution >= 0.6 is 0 Å². The van der Waals surface area contributed by atoms with Crippen LogP contribution in [0.5, 0.6) is 0 Å². The van der Waals surface area contributed by atoms with Gasteiger partial charge in [0.1, 0.15) is 5.60 Å². The molecular weight excluding hydrogens is 314 g/mol. The first kappa shape index (κ1) is 21.2. The minimum absolute atomic E-state index is 0. The third kappa shape index (κ3) is 8.67. The van der Waals surface area contributed by atoms with Gasteiger partial charge in [0.25, 0.3) is 0 Å². The van der Waals surface area contributed by atoms with Crippen molar-refractivity contribution in [2.45, 2.75) is 18.4 Å². The normalized spacial score (nSPS) is 9.40. The van der Waals surface area contributed by atoms with Gasteiger partial charge in [-0.15, -0.1) is 0 Å². The summed E-state index contributed by atoms with van der Waals surface area (Å²) >= 11 is 0. The molecular formula is C6H5KO7Zr+2. The molecule has 0 fully saturated rings. The van der Waals surface area contributed by atoms with Crippen LogP contribution in [0.4, 0.5) is 0 Å². The largest absolute Gasteiger partial charge is 4.00 e. The second-order valence-electron chi connectivity index (χ2n) is 2.42. The van der Waals surface area contributed by atoms with Gasteiger partial charge in [0.15, 0.2) is 0 Å². The van der Waals surface area contributed by atoms with Gasteiger partial charge < -0.3 is 34.8 Å². The number of carboxylic acid groups (broad SMARTS) is 3. The Morgan fingerprint density at radius 2 is 1.27 bits per heavy atom. The summed E-state index contributed by atoms with van der Waals surface area (Å²) < 4.78 is 0. The summed E-state index contributed by atoms with van der Waals surface area (Å²) in [7, 11) is 0. The summed E-state index contributed by atoms with van der Waals surface area (Å²) in [5, 5.41) is 38.9. The van der Waals surface area contributed by atoms with Crippen LogP contribution in [0.25, 0.3) is 0 Å². The monoisotopic (exact) mass is 318 g/mol. The summed E-state index contributed by atoms with van der Waals surface area (Å²) in [5.74, 6) is -5.98. The third-order valence-corrected chi connectivity index (χ3v) is 1.25. The maximum absolute atomic E-state index is 10.1. The molecule has 0 aliphatic rings. The van der Waals surface area contributed by atoms with E-state index >= 15 is 0 Å². The molecule has 0 aromatic rings. The molecule has 0 amide bonds. The molecule has 0 aromatic heterocycles. The van der Waals surface area contributed by atoms with E-state index in [9.17, 15) is 29.7 Å². The molecule has 7 nitrogen and oxygen atoms in total. The maximum Gasteiger partial charge on any atom is 4.00 e. The van der Waals surface area contributed by atoms with Gasteiger partial charge in [0.05, 0.1) is 5.97 Å². The second kappa shape index (κ2) is 8.98. The van der Waals surface area contributed by atoms with Gasteiger partial charge >= 0.3 is 77.6 Å². The van der Waals surface area contributed by atoms with Crippen LogP contribution in [-0.2, 0) is 40.6 Å². The van der Waals surface area contributed by atoms with E-state index in [-0.39, 0.29) is 77.6 Å². The van der Waals surface area contributed by atoms with Gasteiger partial charge in [-0.2, -0.15) is 0 Å². The molecule has 0 rings (SSSR count). The predicted octanol–water partition coefficient (Wildman–Crippen LogP) is -8.25. The quantitative estimate of drug-likeness (QED) is 0.496. The van der Waals surface area contributed by atoms with Crippen molar-refractivity contribution < 1.29 is 112 Å². The Bertz CT molecular complexity index is 238. The fourth-order valence-electron chi connectivity index (χ4n) is 0.684. The van der Waals surface area contributed by atoms with Crippen LogP contribution in [-0.4, -0.2) is 28.6 Å². The molecule has 0 atom stereocenters. The van der Waals surface area contributed by atoms with Gasteiger partial charge in [-0.25, -0.2) is 0 Å². The standard InChI is InChI=1S/C6H8O7.K.Zr/c7-3(8)1-6(13,5(11)12)2-4(9)10;;/h13H,1-2H2,(H,7,8)(H,9,10)(H,11,12);;/q;+1;+4/p-3. The molecule has 9 heteroatoms. The average molecular weight is 319 g/mol. The van der Waals surface area contributed by atoms with E-state index in [0.717, 1.165) is 0 Å². The number of carbonyl (C=O) groups excluding carboxylic acids is 3.